The highest BCUT2D eigenvalue weighted by atomic mass is 32.2. The number of carbonyl (C=O) groups is 1. The number of aromatic carboxylic acids is 1. The van der Waals surface area contributed by atoms with E-state index in [2.05, 4.69) is 0 Å². The molecule has 0 fully saturated rings. The quantitative estimate of drug-likeness (QED) is 0.745. The van der Waals surface area contributed by atoms with E-state index in [0.717, 1.165) is 25.0 Å². The van der Waals surface area contributed by atoms with E-state index in [0.29, 0.717) is 6.61 Å². The molecule has 0 amide bonds. The number of sulfone groups is 1. The molecule has 0 spiro atoms. The molecule has 21 heavy (non-hydrogen) atoms. The first-order valence-corrected chi connectivity index (χ1v) is 8.28. The molecule has 0 atom stereocenters. The van der Waals surface area contributed by atoms with E-state index in [9.17, 15) is 17.6 Å². The molecule has 5 nitrogen and oxygen atoms in total. The van der Waals surface area contributed by atoms with Crippen LogP contribution in [-0.2, 0) is 14.6 Å². The SMILES string of the molecule is CCCCOCCS(=O)(=O)c1cc(C(=O)O)cc(F)c1C. The van der Waals surface area contributed by atoms with Gasteiger partial charge in [0.15, 0.2) is 9.84 Å². The second kappa shape index (κ2) is 7.51. The number of carboxylic acids is 1. The molecule has 0 aliphatic carbocycles. The maximum Gasteiger partial charge on any atom is 0.335 e. The van der Waals surface area contributed by atoms with Gasteiger partial charge in [-0.15, -0.1) is 0 Å². The Morgan fingerprint density at radius 3 is 2.57 bits per heavy atom. The van der Waals surface area contributed by atoms with Gasteiger partial charge in [-0.3, -0.25) is 0 Å². The Morgan fingerprint density at radius 2 is 2.00 bits per heavy atom. The Morgan fingerprint density at radius 1 is 1.33 bits per heavy atom. The van der Waals surface area contributed by atoms with E-state index in [4.69, 9.17) is 9.84 Å². The lowest BCUT2D eigenvalue weighted by Crippen LogP contribution is -2.15. The van der Waals surface area contributed by atoms with Crippen molar-refractivity contribution in [3.05, 3.63) is 29.1 Å². The molecule has 0 aliphatic heterocycles. The Kier molecular flexibility index (Phi) is 6.29. The molecule has 1 N–H and O–H groups in total. The largest absolute Gasteiger partial charge is 0.478 e. The number of halogens is 1. The van der Waals surface area contributed by atoms with Gasteiger partial charge in [-0.05, 0) is 25.5 Å². The summed E-state index contributed by atoms with van der Waals surface area (Å²) in [7, 11) is -3.78. The summed E-state index contributed by atoms with van der Waals surface area (Å²) in [5.74, 6) is -2.52. The highest BCUT2D eigenvalue weighted by Crippen LogP contribution is 2.22. The predicted octanol–water partition coefficient (Wildman–Crippen LogP) is 2.42. The van der Waals surface area contributed by atoms with Crippen molar-refractivity contribution >= 4 is 15.8 Å². The molecule has 0 unspecified atom stereocenters. The number of carboxylic acid groups (broad SMARTS) is 1. The van der Waals surface area contributed by atoms with Crippen molar-refractivity contribution in [3.63, 3.8) is 0 Å². The number of ether oxygens (including phenoxy) is 1. The summed E-state index contributed by atoms with van der Waals surface area (Å²) in [4.78, 5) is 10.6. The first-order chi connectivity index (χ1) is 9.79. The molecule has 0 aromatic heterocycles. The zero-order valence-electron chi connectivity index (χ0n) is 12.1. The molecule has 1 aromatic rings. The maximum atomic E-state index is 13.7. The van der Waals surface area contributed by atoms with Crippen LogP contribution in [-0.4, -0.2) is 38.5 Å². The van der Waals surface area contributed by atoms with Gasteiger partial charge in [-0.25, -0.2) is 17.6 Å². The van der Waals surface area contributed by atoms with E-state index in [1.54, 1.807) is 0 Å². The van der Waals surface area contributed by atoms with Gasteiger partial charge in [0, 0.05) is 12.2 Å². The van der Waals surface area contributed by atoms with Gasteiger partial charge in [0.1, 0.15) is 5.82 Å². The molecular formula is C14H19FO5S. The van der Waals surface area contributed by atoms with Crippen LogP contribution in [0.4, 0.5) is 4.39 Å². The minimum atomic E-state index is -3.78. The van der Waals surface area contributed by atoms with Crippen LogP contribution in [0.5, 0.6) is 0 Å². The van der Waals surface area contributed by atoms with Crippen LogP contribution >= 0.6 is 0 Å². The third kappa shape index (κ3) is 4.78. The van der Waals surface area contributed by atoms with Gasteiger partial charge < -0.3 is 9.84 Å². The first-order valence-electron chi connectivity index (χ1n) is 6.63. The highest BCUT2D eigenvalue weighted by molar-refractivity contribution is 7.91. The van der Waals surface area contributed by atoms with Crippen molar-refractivity contribution in [2.24, 2.45) is 0 Å². The number of hydrogen-bond donors (Lipinski definition) is 1. The Hall–Kier alpha value is -1.47. The fraction of sp³-hybridized carbons (Fsp3) is 0.500. The van der Waals surface area contributed by atoms with Gasteiger partial charge in [0.2, 0.25) is 0 Å². The molecule has 0 bridgehead atoms. The summed E-state index contributed by atoms with van der Waals surface area (Å²) in [6.45, 7) is 3.77. The number of hydrogen-bond acceptors (Lipinski definition) is 4. The monoisotopic (exact) mass is 318 g/mol. The summed E-state index contributed by atoms with van der Waals surface area (Å²) in [6.07, 6.45) is 1.78. The van der Waals surface area contributed by atoms with Gasteiger partial charge in [0.25, 0.3) is 0 Å². The second-order valence-electron chi connectivity index (χ2n) is 4.67. The highest BCUT2D eigenvalue weighted by Gasteiger charge is 2.22. The zero-order chi connectivity index (χ0) is 16.0. The lowest BCUT2D eigenvalue weighted by atomic mass is 10.1. The molecule has 0 saturated carbocycles. The molecule has 1 aromatic carbocycles. The van der Waals surface area contributed by atoms with E-state index >= 15 is 0 Å². The van der Waals surface area contributed by atoms with E-state index < -0.39 is 21.6 Å². The number of benzene rings is 1. The maximum absolute atomic E-state index is 13.7. The normalized spacial score (nSPS) is 11.6. The topological polar surface area (TPSA) is 80.7 Å². The summed E-state index contributed by atoms with van der Waals surface area (Å²) in [5, 5.41) is 8.88. The molecule has 0 saturated heterocycles. The van der Waals surface area contributed by atoms with Crippen LogP contribution in [0.3, 0.4) is 0 Å². The van der Waals surface area contributed by atoms with Gasteiger partial charge in [-0.2, -0.15) is 0 Å². The van der Waals surface area contributed by atoms with Crippen LogP contribution in [0.2, 0.25) is 0 Å². The van der Waals surface area contributed by atoms with Gasteiger partial charge in [0.05, 0.1) is 22.8 Å². The van der Waals surface area contributed by atoms with Gasteiger partial charge >= 0.3 is 5.97 Å². The Balaban J connectivity index is 2.94. The lowest BCUT2D eigenvalue weighted by Gasteiger charge is -2.10. The molecule has 0 heterocycles. The molecule has 118 valence electrons. The summed E-state index contributed by atoms with van der Waals surface area (Å²) < 4.78 is 43.2. The van der Waals surface area contributed by atoms with Crippen LogP contribution < -0.4 is 0 Å². The third-order valence-electron chi connectivity index (χ3n) is 3.02. The van der Waals surface area contributed by atoms with Crippen LogP contribution in [0.15, 0.2) is 17.0 Å². The fourth-order valence-electron chi connectivity index (χ4n) is 1.73. The summed E-state index contributed by atoms with van der Waals surface area (Å²) in [6, 6.07) is 1.80. The minimum absolute atomic E-state index is 0.000686. The number of unbranched alkanes of at least 4 members (excludes halogenated alkanes) is 1. The van der Waals surface area contributed by atoms with Crippen molar-refractivity contribution in [1.82, 2.24) is 0 Å². The average Bonchev–Trinajstić information content (AvgIpc) is 2.40. The van der Waals surface area contributed by atoms with Crippen molar-refractivity contribution in [3.8, 4) is 0 Å². The Labute approximate surface area is 123 Å². The van der Waals surface area contributed by atoms with Crippen LogP contribution in [0.25, 0.3) is 0 Å². The zero-order valence-corrected chi connectivity index (χ0v) is 12.9. The van der Waals surface area contributed by atoms with Crippen LogP contribution in [0, 0.1) is 12.7 Å². The predicted molar refractivity (Wildman–Crippen MR) is 75.9 cm³/mol. The smallest absolute Gasteiger partial charge is 0.335 e. The standard InChI is InChI=1S/C14H19FO5S/c1-3-4-5-20-6-7-21(18,19)13-9-11(14(16)17)8-12(15)10(13)2/h8-9H,3-7H2,1-2H3,(H,16,17). The van der Waals surface area contributed by atoms with E-state index in [-0.39, 0.29) is 28.4 Å². The molecule has 0 radical (unpaired) electrons. The van der Waals surface area contributed by atoms with Gasteiger partial charge in [-0.1, -0.05) is 13.3 Å². The first kappa shape index (κ1) is 17.6. The minimum Gasteiger partial charge on any atom is -0.478 e. The van der Waals surface area contributed by atoms with Crippen molar-refractivity contribution in [2.45, 2.75) is 31.6 Å². The van der Waals surface area contributed by atoms with E-state index in [1.807, 2.05) is 6.92 Å². The molecule has 1 rings (SSSR count). The van der Waals surface area contributed by atoms with Crippen molar-refractivity contribution in [2.75, 3.05) is 19.0 Å². The summed E-state index contributed by atoms with van der Waals surface area (Å²) in [5.41, 5.74) is -0.461. The Bertz CT molecular complexity index is 610. The summed E-state index contributed by atoms with van der Waals surface area (Å²) >= 11 is 0. The van der Waals surface area contributed by atoms with Crippen molar-refractivity contribution < 1.29 is 27.4 Å². The van der Waals surface area contributed by atoms with Crippen molar-refractivity contribution in [1.29, 1.82) is 0 Å². The average molecular weight is 318 g/mol. The lowest BCUT2D eigenvalue weighted by molar-refractivity contribution is 0.0696. The second-order valence-corrected chi connectivity index (χ2v) is 6.75. The third-order valence-corrected chi connectivity index (χ3v) is 4.82. The molecular weight excluding hydrogens is 299 g/mol. The van der Waals surface area contributed by atoms with Crippen LogP contribution in [0.1, 0.15) is 35.7 Å². The molecule has 0 aliphatic rings. The molecule has 7 heteroatoms. The number of rotatable bonds is 8. The fourth-order valence-corrected chi connectivity index (χ4v) is 3.15. The van der Waals surface area contributed by atoms with E-state index in [1.165, 1.54) is 6.92 Å².